The van der Waals surface area contributed by atoms with E-state index in [1.165, 1.54) is 0 Å². The molecule has 1 heterocycles. The zero-order valence-electron chi connectivity index (χ0n) is 9.04. The van der Waals surface area contributed by atoms with Gasteiger partial charge in [-0.1, -0.05) is 0 Å². The average Bonchev–Trinajstić information content (AvgIpc) is 2.27. The molecule has 0 saturated heterocycles. The van der Waals surface area contributed by atoms with Gasteiger partial charge in [-0.15, -0.1) is 0 Å². The molecule has 0 bridgehead atoms. The number of nitrogens with zero attached hydrogens (tertiary/aromatic N) is 1. The maximum Gasteiger partial charge on any atom is 0.433 e. The molecule has 2 N–H and O–H groups in total. The number of methoxy groups -OCH3 is 1. The summed E-state index contributed by atoms with van der Waals surface area (Å²) in [5.41, 5.74) is 4.42. The lowest BCUT2D eigenvalue weighted by molar-refractivity contribution is -0.141. The van der Waals surface area contributed by atoms with Gasteiger partial charge >= 0.3 is 12.1 Å². The van der Waals surface area contributed by atoms with Crippen molar-refractivity contribution in [2.45, 2.75) is 12.6 Å². The number of pyridine rings is 1. The zero-order chi connectivity index (χ0) is 13.1. The first-order valence-corrected chi connectivity index (χ1v) is 4.74. The molecule has 0 aliphatic rings. The van der Waals surface area contributed by atoms with E-state index in [0.29, 0.717) is 0 Å². The molecule has 0 aliphatic carbocycles. The normalized spacial score (nSPS) is 11.4. The number of rotatable bonds is 3. The fourth-order valence-corrected chi connectivity index (χ4v) is 1.31. The number of hydrogen-bond donors (Lipinski definition) is 1. The van der Waals surface area contributed by atoms with E-state index in [0.717, 1.165) is 19.4 Å². The summed E-state index contributed by atoms with van der Waals surface area (Å²) in [6.07, 6.45) is -3.53. The van der Waals surface area contributed by atoms with Crippen molar-refractivity contribution in [1.82, 2.24) is 4.98 Å². The van der Waals surface area contributed by atoms with Gasteiger partial charge in [-0.05, 0) is 24.6 Å². The molecule has 0 fully saturated rings. The Kier molecular flexibility index (Phi) is 4.06. The average molecular weight is 248 g/mol. The lowest BCUT2D eigenvalue weighted by Crippen LogP contribution is -2.15. The third-order valence-electron chi connectivity index (χ3n) is 2.10. The van der Waals surface area contributed by atoms with E-state index in [1.54, 1.807) is 0 Å². The predicted octanol–water partition coefficient (Wildman–Crippen LogP) is 1.39. The van der Waals surface area contributed by atoms with Crippen LogP contribution < -0.4 is 5.73 Å². The second kappa shape index (κ2) is 5.13. The molecule has 4 nitrogen and oxygen atoms in total. The third kappa shape index (κ3) is 3.16. The van der Waals surface area contributed by atoms with Gasteiger partial charge in [0.05, 0.1) is 12.7 Å². The summed E-state index contributed by atoms with van der Waals surface area (Å²) in [5, 5.41) is 0. The molecule has 7 heteroatoms. The van der Waals surface area contributed by atoms with Crippen LogP contribution in [-0.4, -0.2) is 24.6 Å². The highest BCUT2D eigenvalue weighted by molar-refractivity contribution is 5.90. The van der Waals surface area contributed by atoms with Gasteiger partial charge in [-0.3, -0.25) is 4.98 Å². The Bertz CT molecular complexity index is 419. The van der Waals surface area contributed by atoms with Crippen molar-refractivity contribution in [3.63, 3.8) is 0 Å². The molecule has 94 valence electrons. The Labute approximate surface area is 95.6 Å². The topological polar surface area (TPSA) is 65.2 Å². The van der Waals surface area contributed by atoms with Crippen molar-refractivity contribution in [3.05, 3.63) is 29.1 Å². The van der Waals surface area contributed by atoms with Gasteiger partial charge in [0, 0.05) is 6.20 Å². The molecule has 1 rings (SSSR count). The van der Waals surface area contributed by atoms with Crippen molar-refractivity contribution in [3.8, 4) is 0 Å². The Hall–Kier alpha value is -1.63. The van der Waals surface area contributed by atoms with Crippen LogP contribution in [0.4, 0.5) is 13.2 Å². The molecule has 17 heavy (non-hydrogen) atoms. The standard InChI is InChI=1S/C10H11F3N2O2/c1-17-9(16)7-5-15-8(10(11,12)13)4-6(7)2-3-14/h4-5H,2-3,14H2,1H3. The van der Waals surface area contributed by atoms with Crippen molar-refractivity contribution in [2.24, 2.45) is 5.73 Å². The molecule has 1 aromatic rings. The molecular formula is C10H11F3N2O2. The highest BCUT2D eigenvalue weighted by atomic mass is 19.4. The molecule has 0 unspecified atom stereocenters. The van der Waals surface area contributed by atoms with Gasteiger partial charge in [0.25, 0.3) is 0 Å². The number of nitrogens with two attached hydrogens (primary N) is 1. The minimum atomic E-state index is -4.54. The summed E-state index contributed by atoms with van der Waals surface area (Å²) in [6, 6.07) is 0.819. The van der Waals surface area contributed by atoms with Gasteiger partial charge < -0.3 is 10.5 Å². The molecule has 1 aromatic heterocycles. The lowest BCUT2D eigenvalue weighted by atomic mass is 10.1. The molecule has 0 saturated carbocycles. The quantitative estimate of drug-likeness (QED) is 0.821. The number of carbonyl (C=O) groups excluding carboxylic acids is 1. The highest BCUT2D eigenvalue weighted by Gasteiger charge is 2.33. The number of aromatic nitrogens is 1. The molecule has 0 radical (unpaired) electrons. The molecular weight excluding hydrogens is 237 g/mol. The summed E-state index contributed by atoms with van der Waals surface area (Å²) in [7, 11) is 1.15. The second-order valence-corrected chi connectivity index (χ2v) is 3.25. The maximum absolute atomic E-state index is 12.4. The Morgan fingerprint density at radius 3 is 2.65 bits per heavy atom. The van der Waals surface area contributed by atoms with Crippen LogP contribution in [0, 0.1) is 0 Å². The van der Waals surface area contributed by atoms with Gasteiger partial charge in [0.2, 0.25) is 0 Å². The Morgan fingerprint density at radius 1 is 1.53 bits per heavy atom. The largest absolute Gasteiger partial charge is 0.465 e. The van der Waals surface area contributed by atoms with Crippen LogP contribution in [0.3, 0.4) is 0 Å². The van der Waals surface area contributed by atoms with Gasteiger partial charge in [0.15, 0.2) is 0 Å². The van der Waals surface area contributed by atoms with Crippen LogP contribution in [0.1, 0.15) is 21.6 Å². The Morgan fingerprint density at radius 2 is 2.18 bits per heavy atom. The van der Waals surface area contributed by atoms with Gasteiger partial charge in [0.1, 0.15) is 5.69 Å². The fourth-order valence-electron chi connectivity index (χ4n) is 1.31. The van der Waals surface area contributed by atoms with Crippen molar-refractivity contribution >= 4 is 5.97 Å². The Balaban J connectivity index is 3.21. The number of halogens is 3. The summed E-state index contributed by atoms with van der Waals surface area (Å²) < 4.78 is 41.7. The second-order valence-electron chi connectivity index (χ2n) is 3.25. The van der Waals surface area contributed by atoms with Crippen LogP contribution in [0.15, 0.2) is 12.3 Å². The number of ether oxygens (including phenoxy) is 1. The van der Waals surface area contributed by atoms with Crippen LogP contribution in [0.2, 0.25) is 0 Å². The fraction of sp³-hybridized carbons (Fsp3) is 0.400. The SMILES string of the molecule is COC(=O)c1cnc(C(F)(F)F)cc1CCN. The minimum absolute atomic E-state index is 0.00551. The summed E-state index contributed by atoms with van der Waals surface area (Å²) in [4.78, 5) is 14.5. The van der Waals surface area contributed by atoms with E-state index in [9.17, 15) is 18.0 Å². The molecule has 0 spiro atoms. The first kappa shape index (κ1) is 13.4. The van der Waals surface area contributed by atoms with E-state index in [-0.39, 0.29) is 24.1 Å². The van der Waals surface area contributed by atoms with Crippen LogP contribution in [0.25, 0.3) is 0 Å². The monoisotopic (exact) mass is 248 g/mol. The minimum Gasteiger partial charge on any atom is -0.465 e. The van der Waals surface area contributed by atoms with Gasteiger partial charge in [-0.2, -0.15) is 13.2 Å². The summed E-state index contributed by atoms with van der Waals surface area (Å²) in [5.74, 6) is -0.727. The first-order chi connectivity index (χ1) is 7.90. The van der Waals surface area contributed by atoms with E-state index in [4.69, 9.17) is 5.73 Å². The van der Waals surface area contributed by atoms with Crippen LogP contribution in [0.5, 0.6) is 0 Å². The van der Waals surface area contributed by atoms with E-state index >= 15 is 0 Å². The molecule has 0 atom stereocenters. The maximum atomic E-state index is 12.4. The van der Waals surface area contributed by atoms with Gasteiger partial charge in [-0.25, -0.2) is 4.79 Å². The smallest absolute Gasteiger partial charge is 0.433 e. The first-order valence-electron chi connectivity index (χ1n) is 4.74. The van der Waals surface area contributed by atoms with Crippen LogP contribution in [-0.2, 0) is 17.3 Å². The highest BCUT2D eigenvalue weighted by Crippen LogP contribution is 2.28. The van der Waals surface area contributed by atoms with E-state index in [1.807, 2.05) is 0 Å². The summed E-state index contributed by atoms with van der Waals surface area (Å²) in [6.45, 7) is 0.130. The molecule has 0 amide bonds. The van der Waals surface area contributed by atoms with E-state index < -0.39 is 17.8 Å². The third-order valence-corrected chi connectivity index (χ3v) is 2.10. The zero-order valence-corrected chi connectivity index (χ0v) is 9.04. The molecule has 0 aliphatic heterocycles. The summed E-state index contributed by atoms with van der Waals surface area (Å²) >= 11 is 0. The lowest BCUT2D eigenvalue weighted by Gasteiger charge is -2.10. The predicted molar refractivity (Wildman–Crippen MR) is 53.3 cm³/mol. The number of esters is 1. The van der Waals surface area contributed by atoms with Crippen molar-refractivity contribution in [1.29, 1.82) is 0 Å². The molecule has 0 aromatic carbocycles. The number of alkyl halides is 3. The van der Waals surface area contributed by atoms with Crippen LogP contribution >= 0.6 is 0 Å². The number of carbonyl (C=O) groups is 1. The van der Waals surface area contributed by atoms with Crippen molar-refractivity contribution in [2.75, 3.05) is 13.7 Å². The number of hydrogen-bond acceptors (Lipinski definition) is 4. The van der Waals surface area contributed by atoms with Crippen molar-refractivity contribution < 1.29 is 22.7 Å². The van der Waals surface area contributed by atoms with E-state index in [2.05, 4.69) is 9.72 Å².